The van der Waals surface area contributed by atoms with Crippen LogP contribution in [0.2, 0.25) is 0 Å². The van der Waals surface area contributed by atoms with E-state index in [4.69, 9.17) is 5.41 Å². The topological polar surface area (TPSA) is 36.7 Å². The lowest BCUT2D eigenvalue weighted by Gasteiger charge is -1.97. The van der Waals surface area contributed by atoms with Crippen LogP contribution < -0.4 is 0 Å². The normalized spacial score (nSPS) is 9.40. The summed E-state index contributed by atoms with van der Waals surface area (Å²) in [6.07, 6.45) is 1.28. The second kappa shape index (κ2) is 2.60. The van der Waals surface area contributed by atoms with Crippen molar-refractivity contribution in [2.75, 3.05) is 0 Å². The number of nitrogens with one attached hydrogen (secondary N) is 1. The fraction of sp³-hybridized carbons (Fsp3) is 0.250. The van der Waals surface area contributed by atoms with Crippen molar-refractivity contribution in [1.29, 1.82) is 5.41 Å². The molecule has 0 aliphatic heterocycles. The summed E-state index contributed by atoms with van der Waals surface area (Å²) in [5.74, 6) is 0. The predicted octanol–water partition coefficient (Wildman–Crippen LogP) is 1.70. The number of pyridine rings is 1. The number of aryl methyl sites for hydroxylation is 2. The molecule has 0 aromatic carbocycles. The van der Waals surface area contributed by atoms with Crippen molar-refractivity contribution in [2.45, 2.75) is 13.8 Å². The Kier molecular flexibility index (Phi) is 1.81. The van der Waals surface area contributed by atoms with Crippen molar-refractivity contribution in [1.82, 2.24) is 4.98 Å². The molecule has 52 valence electrons. The molecule has 2 heteroatoms. The third kappa shape index (κ3) is 1.21. The molecule has 0 fully saturated rings. The Morgan fingerprint density at radius 2 is 2.10 bits per heavy atom. The van der Waals surface area contributed by atoms with Gasteiger partial charge >= 0.3 is 0 Å². The Morgan fingerprint density at radius 3 is 2.60 bits per heavy atom. The van der Waals surface area contributed by atoms with E-state index in [1.807, 2.05) is 26.0 Å². The van der Waals surface area contributed by atoms with E-state index >= 15 is 0 Å². The zero-order valence-electron chi connectivity index (χ0n) is 6.18. The summed E-state index contributed by atoms with van der Waals surface area (Å²) in [6.45, 7) is 3.87. The van der Waals surface area contributed by atoms with Gasteiger partial charge in [-0.2, -0.15) is 0 Å². The molecule has 1 heterocycles. The maximum Gasteiger partial charge on any atom is 0.0837 e. The second-order valence-electron chi connectivity index (χ2n) is 2.30. The number of hydrogen-bond acceptors (Lipinski definition) is 2. The first-order chi connectivity index (χ1) is 4.74. The smallest absolute Gasteiger partial charge is 0.0837 e. The summed E-state index contributed by atoms with van der Waals surface area (Å²) >= 11 is 0. The third-order valence-electron chi connectivity index (χ3n) is 1.41. The number of rotatable bonds is 1. The molecule has 0 spiro atoms. The largest absolute Gasteiger partial charge is 0.306 e. The van der Waals surface area contributed by atoms with Gasteiger partial charge in [0.1, 0.15) is 0 Å². The molecule has 0 bridgehead atoms. The lowest BCUT2D eigenvalue weighted by Crippen LogP contribution is -1.92. The molecule has 0 saturated carbocycles. The summed E-state index contributed by atoms with van der Waals surface area (Å²) in [4.78, 5) is 4.15. The summed E-state index contributed by atoms with van der Waals surface area (Å²) in [7, 11) is 0. The molecule has 10 heavy (non-hydrogen) atoms. The van der Waals surface area contributed by atoms with Gasteiger partial charge in [-0.15, -0.1) is 0 Å². The first-order valence-electron chi connectivity index (χ1n) is 3.19. The van der Waals surface area contributed by atoms with Crippen LogP contribution in [0.15, 0.2) is 12.1 Å². The minimum Gasteiger partial charge on any atom is -0.306 e. The predicted molar refractivity (Wildman–Crippen MR) is 41.6 cm³/mol. The maximum atomic E-state index is 6.99. The number of aromatic nitrogens is 1. The summed E-state index contributed by atoms with van der Waals surface area (Å²) < 4.78 is 0. The van der Waals surface area contributed by atoms with Crippen LogP contribution in [-0.2, 0) is 0 Å². The van der Waals surface area contributed by atoms with Crippen molar-refractivity contribution in [2.24, 2.45) is 0 Å². The van der Waals surface area contributed by atoms with Crippen LogP contribution in [-0.4, -0.2) is 11.2 Å². The third-order valence-corrected chi connectivity index (χ3v) is 1.41. The molecular weight excluding hydrogens is 124 g/mol. The molecule has 1 aromatic heterocycles. The van der Waals surface area contributed by atoms with Gasteiger partial charge in [-0.25, -0.2) is 0 Å². The summed E-state index contributed by atoms with van der Waals surface area (Å²) in [5, 5.41) is 6.99. The quantitative estimate of drug-likeness (QED) is 0.583. The van der Waals surface area contributed by atoms with Gasteiger partial charge in [0.05, 0.1) is 5.69 Å². The van der Waals surface area contributed by atoms with E-state index in [0.29, 0.717) is 0 Å². The highest BCUT2D eigenvalue weighted by Gasteiger charge is 1.94. The number of nitrogens with zero attached hydrogens (tertiary/aromatic N) is 1. The Morgan fingerprint density at radius 1 is 1.40 bits per heavy atom. The Balaban J connectivity index is 3.21. The lowest BCUT2D eigenvalue weighted by atomic mass is 10.2. The molecule has 1 N–H and O–H groups in total. The molecule has 1 aromatic rings. The highest BCUT2D eigenvalue weighted by atomic mass is 14.7. The standard InChI is InChI=1S/C8H10N2/c1-6-3-4-7(2)10-8(6)5-9/h3-5,9H,1-2H3. The van der Waals surface area contributed by atoms with Gasteiger partial charge in [-0.05, 0) is 25.5 Å². The highest BCUT2D eigenvalue weighted by Crippen LogP contribution is 2.02. The van der Waals surface area contributed by atoms with Gasteiger partial charge in [-0.1, -0.05) is 6.07 Å². The van der Waals surface area contributed by atoms with Crippen LogP contribution in [0.4, 0.5) is 0 Å². The second-order valence-corrected chi connectivity index (χ2v) is 2.30. The van der Waals surface area contributed by atoms with Gasteiger partial charge in [-0.3, -0.25) is 4.98 Å². The van der Waals surface area contributed by atoms with E-state index in [1.54, 1.807) is 0 Å². The number of hydrogen-bond donors (Lipinski definition) is 1. The van der Waals surface area contributed by atoms with Gasteiger partial charge in [0.25, 0.3) is 0 Å². The van der Waals surface area contributed by atoms with Gasteiger partial charge in [0.15, 0.2) is 0 Å². The van der Waals surface area contributed by atoms with Gasteiger partial charge in [0.2, 0.25) is 0 Å². The van der Waals surface area contributed by atoms with Gasteiger partial charge < -0.3 is 5.41 Å². The molecular formula is C8H10N2. The highest BCUT2D eigenvalue weighted by molar-refractivity contribution is 5.76. The molecule has 2 nitrogen and oxygen atoms in total. The molecule has 0 saturated heterocycles. The van der Waals surface area contributed by atoms with Crippen LogP contribution in [0.25, 0.3) is 0 Å². The van der Waals surface area contributed by atoms with Crippen molar-refractivity contribution >= 4 is 6.21 Å². The minimum atomic E-state index is 0.764. The molecule has 0 aliphatic rings. The molecule has 0 aliphatic carbocycles. The fourth-order valence-corrected chi connectivity index (χ4v) is 0.793. The maximum absolute atomic E-state index is 6.99. The zero-order valence-corrected chi connectivity index (χ0v) is 6.18. The van der Waals surface area contributed by atoms with Crippen LogP contribution >= 0.6 is 0 Å². The molecule has 0 amide bonds. The van der Waals surface area contributed by atoms with Crippen molar-refractivity contribution in [3.63, 3.8) is 0 Å². The molecule has 1 rings (SSSR count). The molecule has 0 unspecified atom stereocenters. The van der Waals surface area contributed by atoms with Crippen molar-refractivity contribution < 1.29 is 0 Å². The monoisotopic (exact) mass is 134 g/mol. The van der Waals surface area contributed by atoms with Crippen LogP contribution in [0.3, 0.4) is 0 Å². The van der Waals surface area contributed by atoms with E-state index in [1.165, 1.54) is 6.21 Å². The SMILES string of the molecule is Cc1ccc(C)c(C=N)n1. The first-order valence-corrected chi connectivity index (χ1v) is 3.19. The Bertz CT molecular complexity index is 253. The minimum absolute atomic E-state index is 0.764. The average molecular weight is 134 g/mol. The van der Waals surface area contributed by atoms with E-state index < -0.39 is 0 Å². The Labute approximate surface area is 60.4 Å². The average Bonchev–Trinajstić information content (AvgIpc) is 1.94. The molecule has 0 radical (unpaired) electrons. The van der Waals surface area contributed by atoms with Gasteiger partial charge in [0, 0.05) is 11.9 Å². The first kappa shape index (κ1) is 6.93. The fourth-order valence-electron chi connectivity index (χ4n) is 0.793. The van der Waals surface area contributed by atoms with Crippen LogP contribution in [0.5, 0.6) is 0 Å². The lowest BCUT2D eigenvalue weighted by molar-refractivity contribution is 1.15. The zero-order chi connectivity index (χ0) is 7.56. The van der Waals surface area contributed by atoms with Crippen molar-refractivity contribution in [3.8, 4) is 0 Å². The summed E-state index contributed by atoms with van der Waals surface area (Å²) in [6, 6.07) is 3.92. The van der Waals surface area contributed by atoms with Crippen molar-refractivity contribution in [3.05, 3.63) is 29.1 Å². The van der Waals surface area contributed by atoms with E-state index in [9.17, 15) is 0 Å². The van der Waals surface area contributed by atoms with Crippen LogP contribution in [0, 0.1) is 19.3 Å². The van der Waals surface area contributed by atoms with E-state index in [2.05, 4.69) is 4.98 Å². The molecule has 0 atom stereocenters. The summed E-state index contributed by atoms with van der Waals surface area (Å²) in [5.41, 5.74) is 2.78. The Hall–Kier alpha value is -1.18. The van der Waals surface area contributed by atoms with E-state index in [-0.39, 0.29) is 0 Å². The van der Waals surface area contributed by atoms with E-state index in [0.717, 1.165) is 17.0 Å². The van der Waals surface area contributed by atoms with Crippen LogP contribution in [0.1, 0.15) is 17.0 Å².